The number of amides is 1. The van der Waals surface area contributed by atoms with Gasteiger partial charge in [0, 0.05) is 43.9 Å². The molecule has 0 atom stereocenters. The van der Waals surface area contributed by atoms with Crippen molar-refractivity contribution in [1.29, 1.82) is 0 Å². The number of carbonyl (C=O) groups excluding carboxylic acids is 1. The maximum Gasteiger partial charge on any atom is 0.223 e. The maximum atomic E-state index is 12.6. The fourth-order valence-electron chi connectivity index (χ4n) is 3.69. The molecule has 24 heavy (non-hydrogen) atoms. The molecule has 5 heteroatoms. The Balaban J connectivity index is 1.33. The Labute approximate surface area is 142 Å². The van der Waals surface area contributed by atoms with Gasteiger partial charge in [-0.05, 0) is 43.2 Å². The van der Waals surface area contributed by atoms with Crippen LogP contribution in [0.2, 0.25) is 0 Å². The van der Waals surface area contributed by atoms with Gasteiger partial charge in [0.2, 0.25) is 5.91 Å². The summed E-state index contributed by atoms with van der Waals surface area (Å²) in [5.41, 5.74) is 4.59. The Hall–Kier alpha value is -2.43. The summed E-state index contributed by atoms with van der Waals surface area (Å²) in [6, 6.07) is 8.04. The van der Waals surface area contributed by atoms with E-state index in [1.54, 1.807) is 0 Å². The zero-order chi connectivity index (χ0) is 16.7. The van der Waals surface area contributed by atoms with E-state index in [0.717, 1.165) is 30.3 Å². The molecule has 1 saturated heterocycles. The highest BCUT2D eigenvalue weighted by Crippen LogP contribution is 2.29. The molecular formula is C19H22N4O. The Morgan fingerprint density at radius 3 is 2.83 bits per heavy atom. The van der Waals surface area contributed by atoms with E-state index in [2.05, 4.69) is 27.9 Å². The molecule has 1 amide bonds. The molecule has 2 aromatic heterocycles. The summed E-state index contributed by atoms with van der Waals surface area (Å²) in [5.74, 6) is 1.68. The summed E-state index contributed by atoms with van der Waals surface area (Å²) in [7, 11) is 0. The molecular weight excluding hydrogens is 300 g/mol. The average Bonchev–Trinajstić information content (AvgIpc) is 2.95. The smallest absolute Gasteiger partial charge is 0.223 e. The van der Waals surface area contributed by atoms with Gasteiger partial charge >= 0.3 is 0 Å². The van der Waals surface area contributed by atoms with E-state index in [4.69, 9.17) is 0 Å². The molecule has 0 bridgehead atoms. The lowest BCUT2D eigenvalue weighted by atomic mass is 9.95. The Bertz CT molecular complexity index is 768. The van der Waals surface area contributed by atoms with Gasteiger partial charge in [-0.25, -0.2) is 4.98 Å². The third kappa shape index (κ3) is 2.75. The molecule has 2 aliphatic heterocycles. The van der Waals surface area contributed by atoms with Crippen LogP contribution in [0, 0.1) is 19.8 Å². The molecule has 4 rings (SSSR count). The minimum Gasteiger partial charge on any atom is -0.356 e. The van der Waals surface area contributed by atoms with E-state index in [0.29, 0.717) is 25.4 Å². The highest BCUT2D eigenvalue weighted by molar-refractivity contribution is 5.77. The van der Waals surface area contributed by atoms with Crippen molar-refractivity contribution < 1.29 is 4.79 Å². The number of hydrogen-bond donors (Lipinski definition) is 0. The Morgan fingerprint density at radius 1 is 1.25 bits per heavy atom. The molecule has 1 fully saturated rings. The number of fused-ring (bicyclic) bond motifs is 1. The Kier molecular flexibility index (Phi) is 3.71. The first-order valence-electron chi connectivity index (χ1n) is 8.50. The van der Waals surface area contributed by atoms with Gasteiger partial charge in [0.1, 0.15) is 5.82 Å². The van der Waals surface area contributed by atoms with E-state index in [9.17, 15) is 4.79 Å². The fraction of sp³-hybridized carbons (Fsp3) is 0.421. The molecule has 0 aromatic carbocycles. The molecule has 0 unspecified atom stereocenters. The van der Waals surface area contributed by atoms with Crippen LogP contribution in [0.1, 0.15) is 28.9 Å². The summed E-state index contributed by atoms with van der Waals surface area (Å²) >= 11 is 0. The number of carbonyl (C=O) groups is 1. The lowest BCUT2D eigenvalue weighted by Gasteiger charge is -2.40. The highest BCUT2D eigenvalue weighted by Gasteiger charge is 2.33. The van der Waals surface area contributed by atoms with Gasteiger partial charge in [-0.3, -0.25) is 9.78 Å². The zero-order valence-corrected chi connectivity index (χ0v) is 14.2. The van der Waals surface area contributed by atoms with E-state index >= 15 is 0 Å². The van der Waals surface area contributed by atoms with Crippen molar-refractivity contribution >= 4 is 11.7 Å². The van der Waals surface area contributed by atoms with Crippen molar-refractivity contribution in [2.75, 3.05) is 18.0 Å². The second kappa shape index (κ2) is 5.89. The van der Waals surface area contributed by atoms with E-state index in [1.807, 2.05) is 36.2 Å². The standard InChI is InChI=1S/C19H22N4O/c1-13-7-14(2)21-17-12-23(11-16(13)17)19(24)8-15-9-22(10-15)18-5-3-4-6-20-18/h3-7,15H,8-12H2,1-2H3. The molecule has 0 spiro atoms. The maximum absolute atomic E-state index is 12.6. The number of rotatable bonds is 3. The predicted octanol–water partition coefficient (Wildman–Crippen LogP) is 2.46. The van der Waals surface area contributed by atoms with Crippen LogP contribution in [0.15, 0.2) is 30.5 Å². The predicted molar refractivity (Wildman–Crippen MR) is 92.5 cm³/mol. The Morgan fingerprint density at radius 2 is 2.08 bits per heavy atom. The number of pyridine rings is 2. The minimum absolute atomic E-state index is 0.246. The van der Waals surface area contributed by atoms with Crippen molar-refractivity contribution in [3.8, 4) is 0 Å². The first kappa shape index (κ1) is 15.1. The SMILES string of the molecule is Cc1cc(C)c2c(n1)CN(C(=O)CC1CN(c3ccccn3)C1)C2. The molecule has 2 aromatic rings. The third-order valence-corrected chi connectivity index (χ3v) is 5.00. The molecule has 5 nitrogen and oxygen atoms in total. The quantitative estimate of drug-likeness (QED) is 0.871. The van der Waals surface area contributed by atoms with Crippen LogP contribution in [0.4, 0.5) is 5.82 Å². The first-order chi connectivity index (χ1) is 11.6. The van der Waals surface area contributed by atoms with Gasteiger partial charge in [-0.15, -0.1) is 0 Å². The van der Waals surface area contributed by atoms with E-state index in [-0.39, 0.29) is 5.91 Å². The summed E-state index contributed by atoms with van der Waals surface area (Å²) < 4.78 is 0. The zero-order valence-electron chi connectivity index (χ0n) is 14.2. The van der Waals surface area contributed by atoms with E-state index < -0.39 is 0 Å². The molecule has 0 saturated carbocycles. The van der Waals surface area contributed by atoms with Gasteiger partial charge in [0.15, 0.2) is 0 Å². The second-order valence-corrected chi connectivity index (χ2v) is 6.92. The largest absolute Gasteiger partial charge is 0.356 e. The van der Waals surface area contributed by atoms with Gasteiger partial charge in [0.25, 0.3) is 0 Å². The number of aryl methyl sites for hydroxylation is 2. The molecule has 0 radical (unpaired) electrons. The average molecular weight is 322 g/mol. The second-order valence-electron chi connectivity index (χ2n) is 6.92. The third-order valence-electron chi connectivity index (χ3n) is 5.00. The monoisotopic (exact) mass is 322 g/mol. The highest BCUT2D eigenvalue weighted by atomic mass is 16.2. The van der Waals surface area contributed by atoms with Crippen molar-refractivity contribution in [2.45, 2.75) is 33.4 Å². The van der Waals surface area contributed by atoms with Gasteiger partial charge in [0.05, 0.1) is 12.2 Å². The van der Waals surface area contributed by atoms with Crippen LogP contribution in [0.25, 0.3) is 0 Å². The van der Waals surface area contributed by atoms with Crippen LogP contribution < -0.4 is 4.90 Å². The number of aromatic nitrogens is 2. The van der Waals surface area contributed by atoms with Crippen LogP contribution in [0.5, 0.6) is 0 Å². The normalized spacial score (nSPS) is 16.9. The van der Waals surface area contributed by atoms with Crippen molar-refractivity contribution in [3.63, 3.8) is 0 Å². The van der Waals surface area contributed by atoms with Crippen LogP contribution in [0.3, 0.4) is 0 Å². The summed E-state index contributed by atoms with van der Waals surface area (Å²) in [6.07, 6.45) is 2.43. The molecule has 2 aliphatic rings. The molecule has 4 heterocycles. The van der Waals surface area contributed by atoms with E-state index in [1.165, 1.54) is 11.1 Å². The van der Waals surface area contributed by atoms with Gasteiger partial charge in [-0.2, -0.15) is 0 Å². The topological polar surface area (TPSA) is 49.3 Å². The van der Waals surface area contributed by atoms with Crippen molar-refractivity contribution in [1.82, 2.24) is 14.9 Å². The minimum atomic E-state index is 0.246. The lowest BCUT2D eigenvalue weighted by Crippen LogP contribution is -2.49. The number of hydrogen-bond acceptors (Lipinski definition) is 4. The fourth-order valence-corrected chi connectivity index (χ4v) is 3.69. The first-order valence-corrected chi connectivity index (χ1v) is 8.50. The van der Waals surface area contributed by atoms with Crippen LogP contribution >= 0.6 is 0 Å². The molecule has 0 aliphatic carbocycles. The van der Waals surface area contributed by atoms with Crippen molar-refractivity contribution in [3.05, 3.63) is 53.0 Å². The molecule has 0 N–H and O–H groups in total. The van der Waals surface area contributed by atoms with Gasteiger partial charge < -0.3 is 9.80 Å². The molecule has 124 valence electrons. The number of nitrogens with zero attached hydrogens (tertiary/aromatic N) is 4. The number of anilines is 1. The lowest BCUT2D eigenvalue weighted by molar-refractivity contribution is -0.133. The van der Waals surface area contributed by atoms with Crippen molar-refractivity contribution in [2.24, 2.45) is 5.92 Å². The summed E-state index contributed by atoms with van der Waals surface area (Å²) in [6.45, 7) is 7.33. The summed E-state index contributed by atoms with van der Waals surface area (Å²) in [5, 5.41) is 0. The van der Waals surface area contributed by atoms with Gasteiger partial charge in [-0.1, -0.05) is 6.07 Å². The van der Waals surface area contributed by atoms with Crippen LogP contribution in [-0.4, -0.2) is 33.9 Å². The van der Waals surface area contributed by atoms with Crippen LogP contribution in [-0.2, 0) is 17.9 Å². The summed E-state index contributed by atoms with van der Waals surface area (Å²) in [4.78, 5) is 25.8.